The Labute approximate surface area is 174 Å². The number of carbonyl (C=O) groups excluding carboxylic acids is 1. The number of halogens is 1. The number of nitrogens with zero attached hydrogens (tertiary/aromatic N) is 2. The maximum Gasteiger partial charge on any atom is 0.282 e. The van der Waals surface area contributed by atoms with Gasteiger partial charge in [0.15, 0.2) is 0 Å². The summed E-state index contributed by atoms with van der Waals surface area (Å²) in [5.74, 6) is 1.18. The number of rotatable bonds is 4. The zero-order valence-corrected chi connectivity index (χ0v) is 16.9. The molecular formula is C24H19ClN2O2. The Morgan fingerprint density at radius 3 is 2.38 bits per heavy atom. The molecule has 1 aliphatic rings. The second-order valence-corrected chi connectivity index (χ2v) is 7.16. The highest BCUT2D eigenvalue weighted by atomic mass is 35.5. The summed E-state index contributed by atoms with van der Waals surface area (Å²) in [4.78, 5) is 19.6. The van der Waals surface area contributed by atoms with Gasteiger partial charge in [0.2, 0.25) is 0 Å². The molecule has 144 valence electrons. The van der Waals surface area contributed by atoms with Gasteiger partial charge in [-0.1, -0.05) is 47.5 Å². The maximum atomic E-state index is 13.3. The summed E-state index contributed by atoms with van der Waals surface area (Å²) in [6, 6.07) is 22.6. The molecule has 0 atom stereocenters. The molecule has 0 fully saturated rings. The van der Waals surface area contributed by atoms with Gasteiger partial charge in [0.1, 0.15) is 17.3 Å². The minimum atomic E-state index is -0.181. The number of amidine groups is 1. The normalized spacial score (nSPS) is 15.0. The Bertz CT molecular complexity index is 1120. The Morgan fingerprint density at radius 2 is 1.72 bits per heavy atom. The van der Waals surface area contributed by atoms with Crippen molar-refractivity contribution in [2.24, 2.45) is 4.99 Å². The molecule has 0 aromatic heterocycles. The molecule has 0 aliphatic carbocycles. The second-order valence-electron chi connectivity index (χ2n) is 6.72. The highest BCUT2D eigenvalue weighted by Gasteiger charge is 2.32. The SMILES string of the molecule is COc1ccc(/C=C2/N=C(c3cccc(C)c3)N(c3ccc(Cl)cc3)C2=O)cc1. The standard InChI is InChI=1S/C24H19ClN2O2/c1-16-4-3-5-18(14-16)23-26-22(15-17-6-12-21(29-2)13-7-17)24(28)27(23)20-10-8-19(25)9-11-20/h3-15H,1-2H3/b22-15+. The molecule has 4 nitrogen and oxygen atoms in total. The zero-order valence-electron chi connectivity index (χ0n) is 16.1. The molecule has 3 aromatic carbocycles. The van der Waals surface area contributed by atoms with Crippen LogP contribution in [0.3, 0.4) is 0 Å². The molecule has 1 heterocycles. The molecule has 0 bridgehead atoms. The summed E-state index contributed by atoms with van der Waals surface area (Å²) in [7, 11) is 1.62. The molecule has 0 spiro atoms. The first-order valence-electron chi connectivity index (χ1n) is 9.16. The van der Waals surface area contributed by atoms with Crippen molar-refractivity contribution < 1.29 is 9.53 Å². The van der Waals surface area contributed by atoms with Crippen LogP contribution in [-0.4, -0.2) is 18.9 Å². The van der Waals surface area contributed by atoms with Gasteiger partial charge < -0.3 is 4.74 Å². The molecule has 5 heteroatoms. The first-order chi connectivity index (χ1) is 14.0. The van der Waals surface area contributed by atoms with E-state index in [9.17, 15) is 4.79 Å². The number of anilines is 1. The zero-order chi connectivity index (χ0) is 20.4. The Balaban J connectivity index is 1.80. The smallest absolute Gasteiger partial charge is 0.282 e. The molecule has 4 rings (SSSR count). The van der Waals surface area contributed by atoms with Crippen LogP contribution < -0.4 is 9.64 Å². The third kappa shape index (κ3) is 3.93. The lowest BCUT2D eigenvalue weighted by molar-refractivity contribution is -0.113. The van der Waals surface area contributed by atoms with Crippen LogP contribution in [0.5, 0.6) is 5.75 Å². The van der Waals surface area contributed by atoms with E-state index < -0.39 is 0 Å². The Kier molecular flexibility index (Phi) is 5.19. The van der Waals surface area contributed by atoms with E-state index in [0.717, 1.165) is 28.1 Å². The lowest BCUT2D eigenvalue weighted by Gasteiger charge is -2.18. The lowest BCUT2D eigenvalue weighted by Crippen LogP contribution is -2.32. The van der Waals surface area contributed by atoms with Gasteiger partial charge in [-0.2, -0.15) is 0 Å². The molecule has 1 amide bonds. The van der Waals surface area contributed by atoms with Crippen LogP contribution >= 0.6 is 11.6 Å². The molecule has 0 unspecified atom stereocenters. The molecule has 0 saturated heterocycles. The first-order valence-corrected chi connectivity index (χ1v) is 9.54. The maximum absolute atomic E-state index is 13.3. The fourth-order valence-corrected chi connectivity index (χ4v) is 3.31. The third-order valence-corrected chi connectivity index (χ3v) is 4.89. The highest BCUT2D eigenvalue weighted by Crippen LogP contribution is 2.29. The first kappa shape index (κ1) is 19.0. The van der Waals surface area contributed by atoms with Crippen LogP contribution in [0.2, 0.25) is 5.02 Å². The molecule has 0 N–H and O–H groups in total. The summed E-state index contributed by atoms with van der Waals surface area (Å²) >= 11 is 6.03. The van der Waals surface area contributed by atoms with Crippen molar-refractivity contribution in [3.8, 4) is 5.75 Å². The van der Waals surface area contributed by atoms with E-state index in [4.69, 9.17) is 16.3 Å². The van der Waals surface area contributed by atoms with Crippen LogP contribution in [-0.2, 0) is 4.79 Å². The van der Waals surface area contributed by atoms with Crippen molar-refractivity contribution in [2.75, 3.05) is 12.0 Å². The van der Waals surface area contributed by atoms with Gasteiger partial charge in [0.05, 0.1) is 12.8 Å². The number of benzene rings is 3. The Hall–Kier alpha value is -3.37. The van der Waals surface area contributed by atoms with E-state index in [-0.39, 0.29) is 5.91 Å². The average molecular weight is 403 g/mol. The minimum absolute atomic E-state index is 0.181. The van der Waals surface area contributed by atoms with Crippen LogP contribution in [0.25, 0.3) is 6.08 Å². The number of aliphatic imine (C=N–C) groups is 1. The Morgan fingerprint density at radius 1 is 1.00 bits per heavy atom. The molecular weight excluding hydrogens is 384 g/mol. The third-order valence-electron chi connectivity index (χ3n) is 4.64. The van der Waals surface area contributed by atoms with Crippen LogP contribution in [0, 0.1) is 6.92 Å². The van der Waals surface area contributed by atoms with Crippen molar-refractivity contribution >= 4 is 35.1 Å². The predicted octanol–water partition coefficient (Wildman–Crippen LogP) is 5.49. The number of ether oxygens (including phenoxy) is 1. The summed E-state index contributed by atoms with van der Waals surface area (Å²) in [6.07, 6.45) is 1.79. The van der Waals surface area contributed by atoms with Gasteiger partial charge in [-0.3, -0.25) is 9.69 Å². The number of methoxy groups -OCH3 is 1. The summed E-state index contributed by atoms with van der Waals surface area (Å²) in [6.45, 7) is 2.02. The monoisotopic (exact) mass is 402 g/mol. The van der Waals surface area contributed by atoms with E-state index in [1.165, 1.54) is 0 Å². The average Bonchev–Trinajstić information content (AvgIpc) is 3.05. The summed E-state index contributed by atoms with van der Waals surface area (Å²) in [5, 5.41) is 0.614. The predicted molar refractivity (Wildman–Crippen MR) is 118 cm³/mol. The minimum Gasteiger partial charge on any atom is -0.497 e. The van der Waals surface area contributed by atoms with Crippen molar-refractivity contribution in [2.45, 2.75) is 6.92 Å². The molecule has 1 aliphatic heterocycles. The van der Waals surface area contributed by atoms with Crippen molar-refractivity contribution in [1.29, 1.82) is 0 Å². The quantitative estimate of drug-likeness (QED) is 0.541. The number of amides is 1. The van der Waals surface area contributed by atoms with E-state index >= 15 is 0 Å². The van der Waals surface area contributed by atoms with Crippen LogP contribution in [0.4, 0.5) is 5.69 Å². The fourth-order valence-electron chi connectivity index (χ4n) is 3.18. The van der Waals surface area contributed by atoms with Gasteiger partial charge in [-0.05, 0) is 61.0 Å². The number of carbonyl (C=O) groups is 1. The van der Waals surface area contributed by atoms with Gasteiger partial charge in [-0.15, -0.1) is 0 Å². The van der Waals surface area contributed by atoms with Gasteiger partial charge in [0, 0.05) is 10.6 Å². The van der Waals surface area contributed by atoms with Crippen molar-refractivity contribution in [1.82, 2.24) is 0 Å². The van der Waals surface area contributed by atoms with Crippen LogP contribution in [0.15, 0.2) is 83.5 Å². The molecule has 0 saturated carbocycles. The molecule has 3 aromatic rings. The lowest BCUT2D eigenvalue weighted by atomic mass is 10.1. The van der Waals surface area contributed by atoms with E-state index in [2.05, 4.69) is 4.99 Å². The van der Waals surface area contributed by atoms with Gasteiger partial charge in [0.25, 0.3) is 5.91 Å². The topological polar surface area (TPSA) is 41.9 Å². The molecule has 29 heavy (non-hydrogen) atoms. The van der Waals surface area contributed by atoms with Crippen LogP contribution in [0.1, 0.15) is 16.7 Å². The molecule has 0 radical (unpaired) electrons. The van der Waals surface area contributed by atoms with Gasteiger partial charge in [-0.25, -0.2) is 4.99 Å². The number of hydrogen-bond donors (Lipinski definition) is 0. The number of aryl methyl sites for hydroxylation is 1. The summed E-state index contributed by atoms with van der Waals surface area (Å²) in [5.41, 5.74) is 3.95. The fraction of sp³-hybridized carbons (Fsp3) is 0.0833. The van der Waals surface area contributed by atoms with Crippen molar-refractivity contribution in [3.05, 3.63) is 100 Å². The van der Waals surface area contributed by atoms with E-state index in [1.807, 2.05) is 67.6 Å². The summed E-state index contributed by atoms with van der Waals surface area (Å²) < 4.78 is 5.20. The van der Waals surface area contributed by atoms with E-state index in [1.54, 1.807) is 30.2 Å². The second kappa shape index (κ2) is 7.94. The number of hydrogen-bond acceptors (Lipinski definition) is 3. The van der Waals surface area contributed by atoms with E-state index in [0.29, 0.717) is 16.6 Å². The van der Waals surface area contributed by atoms with Gasteiger partial charge >= 0.3 is 0 Å². The van der Waals surface area contributed by atoms with Crippen molar-refractivity contribution in [3.63, 3.8) is 0 Å². The largest absolute Gasteiger partial charge is 0.497 e. The highest BCUT2D eigenvalue weighted by molar-refractivity contribution is 6.34.